The van der Waals surface area contributed by atoms with Gasteiger partial charge >= 0.3 is 0 Å². The fraction of sp³-hybridized carbons (Fsp3) is 0.455. The van der Waals surface area contributed by atoms with E-state index in [0.717, 1.165) is 18.4 Å². The third kappa shape index (κ3) is 3.86. The lowest BCUT2D eigenvalue weighted by Crippen LogP contribution is -2.11. The van der Waals surface area contributed by atoms with E-state index < -0.39 is 0 Å². The first-order valence-electron chi connectivity index (χ1n) is 5.27. The van der Waals surface area contributed by atoms with E-state index in [1.807, 2.05) is 13.8 Å². The Labute approximate surface area is 95.7 Å². The van der Waals surface area contributed by atoms with Crippen molar-refractivity contribution in [3.05, 3.63) is 24.0 Å². The van der Waals surface area contributed by atoms with Gasteiger partial charge in [0.05, 0.1) is 6.61 Å². The first-order valence-corrected chi connectivity index (χ1v) is 5.27. The Morgan fingerprint density at radius 1 is 1.56 bits per heavy atom. The number of nitrogens with zero attached hydrogens (tertiary/aromatic N) is 2. The van der Waals surface area contributed by atoms with Crippen LogP contribution in [0, 0.1) is 0 Å². The van der Waals surface area contributed by atoms with Crippen LogP contribution in [0.25, 0.3) is 0 Å². The average Bonchev–Trinajstić information content (AvgIpc) is 2.28. The second kappa shape index (κ2) is 6.07. The van der Waals surface area contributed by atoms with Gasteiger partial charge in [-0.05, 0) is 6.92 Å². The van der Waals surface area contributed by atoms with E-state index >= 15 is 0 Å². The maximum Gasteiger partial charge on any atom is 0.218 e. The molecule has 1 aromatic rings. The molecule has 0 fully saturated rings. The van der Waals surface area contributed by atoms with Gasteiger partial charge in [-0.1, -0.05) is 12.5 Å². The number of nitrogen functional groups attached to an aromatic ring is 1. The maximum absolute atomic E-state index is 5.49. The molecule has 0 amide bonds. The first-order chi connectivity index (χ1) is 7.65. The fourth-order valence-corrected chi connectivity index (χ4v) is 1.11. The number of nitrogens with two attached hydrogens (primary N) is 1. The van der Waals surface area contributed by atoms with E-state index in [0.29, 0.717) is 24.1 Å². The van der Waals surface area contributed by atoms with Crippen LogP contribution in [0.3, 0.4) is 0 Å². The number of hydrogen-bond acceptors (Lipinski definition) is 5. The molecule has 3 N–H and O–H groups in total. The predicted molar refractivity (Wildman–Crippen MR) is 64.1 cm³/mol. The predicted octanol–water partition coefficient (Wildman–Crippen LogP) is 1.67. The van der Waals surface area contributed by atoms with E-state index in [9.17, 15) is 0 Å². The van der Waals surface area contributed by atoms with Gasteiger partial charge in [-0.2, -0.15) is 4.98 Å². The number of hydrazine groups is 1. The van der Waals surface area contributed by atoms with Gasteiger partial charge in [0.1, 0.15) is 11.6 Å². The summed E-state index contributed by atoms with van der Waals surface area (Å²) in [5, 5.41) is 0. The Morgan fingerprint density at radius 3 is 2.88 bits per heavy atom. The zero-order valence-electron chi connectivity index (χ0n) is 9.79. The zero-order chi connectivity index (χ0) is 12.0. The van der Waals surface area contributed by atoms with Crippen molar-refractivity contribution < 1.29 is 4.74 Å². The van der Waals surface area contributed by atoms with Crippen LogP contribution in [-0.4, -0.2) is 16.6 Å². The summed E-state index contributed by atoms with van der Waals surface area (Å²) >= 11 is 0. The van der Waals surface area contributed by atoms with Gasteiger partial charge in [-0.3, -0.25) is 0 Å². The molecule has 0 aliphatic carbocycles. The van der Waals surface area contributed by atoms with E-state index in [1.54, 1.807) is 6.07 Å². The third-order valence-corrected chi connectivity index (χ3v) is 1.99. The quantitative estimate of drug-likeness (QED) is 0.435. The molecule has 0 saturated heterocycles. The normalized spacial score (nSPS) is 9.94. The molecular formula is C11H18N4O. The van der Waals surface area contributed by atoms with Gasteiger partial charge in [-0.25, -0.2) is 10.8 Å². The van der Waals surface area contributed by atoms with E-state index in [-0.39, 0.29) is 0 Å². The third-order valence-electron chi connectivity index (χ3n) is 1.99. The number of anilines is 1. The highest BCUT2D eigenvalue weighted by Crippen LogP contribution is 2.13. The van der Waals surface area contributed by atoms with Crippen LogP contribution >= 0.6 is 0 Å². The van der Waals surface area contributed by atoms with Crippen molar-refractivity contribution in [2.75, 3.05) is 12.0 Å². The fourth-order valence-electron chi connectivity index (χ4n) is 1.11. The average molecular weight is 222 g/mol. The highest BCUT2D eigenvalue weighted by molar-refractivity contribution is 5.36. The van der Waals surface area contributed by atoms with Crippen LogP contribution in [0.2, 0.25) is 0 Å². The van der Waals surface area contributed by atoms with E-state index in [1.165, 1.54) is 0 Å². The first kappa shape index (κ1) is 12.4. The monoisotopic (exact) mass is 222 g/mol. The minimum atomic E-state index is 0.543. The van der Waals surface area contributed by atoms with Crippen LogP contribution in [0.1, 0.15) is 26.1 Å². The SMILES string of the molecule is C=C(C)CCOc1cc(NN)nc(CC)n1. The van der Waals surface area contributed by atoms with Gasteiger partial charge in [0.15, 0.2) is 0 Å². The molecule has 0 radical (unpaired) electrons. The molecule has 16 heavy (non-hydrogen) atoms. The Morgan fingerprint density at radius 2 is 2.31 bits per heavy atom. The van der Waals surface area contributed by atoms with Crippen LogP contribution in [-0.2, 0) is 6.42 Å². The summed E-state index contributed by atoms with van der Waals surface area (Å²) in [5.74, 6) is 7.13. The number of nitrogens with one attached hydrogen (secondary N) is 1. The summed E-state index contributed by atoms with van der Waals surface area (Å²) in [6.07, 6.45) is 1.56. The summed E-state index contributed by atoms with van der Waals surface area (Å²) in [7, 11) is 0. The molecule has 0 aromatic carbocycles. The van der Waals surface area contributed by atoms with Crippen LogP contribution in [0.5, 0.6) is 5.88 Å². The lowest BCUT2D eigenvalue weighted by molar-refractivity contribution is 0.308. The maximum atomic E-state index is 5.49. The molecule has 0 aliphatic rings. The van der Waals surface area contributed by atoms with Crippen molar-refractivity contribution >= 4 is 5.82 Å². The largest absolute Gasteiger partial charge is 0.477 e. The molecule has 0 bridgehead atoms. The molecule has 5 heteroatoms. The standard InChI is InChI=1S/C11H18N4O/c1-4-9-13-10(15-12)7-11(14-9)16-6-5-8(2)3/h7H,2,4-6,12H2,1,3H3,(H,13,14,15). The molecule has 5 nitrogen and oxygen atoms in total. The van der Waals surface area contributed by atoms with Gasteiger partial charge in [0, 0.05) is 18.9 Å². The van der Waals surface area contributed by atoms with Crippen LogP contribution < -0.4 is 16.0 Å². The van der Waals surface area contributed by atoms with Crippen molar-refractivity contribution in [3.63, 3.8) is 0 Å². The summed E-state index contributed by atoms with van der Waals surface area (Å²) < 4.78 is 5.49. The Bertz CT molecular complexity index is 343. The lowest BCUT2D eigenvalue weighted by Gasteiger charge is -2.08. The van der Waals surface area contributed by atoms with Crippen molar-refractivity contribution in [1.29, 1.82) is 0 Å². The second-order valence-electron chi connectivity index (χ2n) is 3.56. The van der Waals surface area contributed by atoms with Crippen LogP contribution in [0.4, 0.5) is 5.82 Å². The molecule has 1 aromatic heterocycles. The highest BCUT2D eigenvalue weighted by Gasteiger charge is 2.03. The van der Waals surface area contributed by atoms with Gasteiger partial charge in [0.25, 0.3) is 0 Å². The van der Waals surface area contributed by atoms with Crippen molar-refractivity contribution in [2.24, 2.45) is 5.84 Å². The van der Waals surface area contributed by atoms with Crippen molar-refractivity contribution in [1.82, 2.24) is 9.97 Å². The van der Waals surface area contributed by atoms with Crippen molar-refractivity contribution in [3.8, 4) is 5.88 Å². The van der Waals surface area contributed by atoms with E-state index in [2.05, 4.69) is 22.0 Å². The summed E-state index contributed by atoms with van der Waals surface area (Å²) in [6, 6.07) is 1.68. The van der Waals surface area contributed by atoms with Gasteiger partial charge in [-0.15, -0.1) is 6.58 Å². The molecule has 88 valence electrons. The Kier molecular flexibility index (Phi) is 4.72. The highest BCUT2D eigenvalue weighted by atomic mass is 16.5. The number of rotatable bonds is 6. The minimum absolute atomic E-state index is 0.543. The number of aryl methyl sites for hydroxylation is 1. The van der Waals surface area contributed by atoms with Crippen LogP contribution in [0.15, 0.2) is 18.2 Å². The topological polar surface area (TPSA) is 73.1 Å². The minimum Gasteiger partial charge on any atom is -0.477 e. The van der Waals surface area contributed by atoms with Gasteiger partial charge in [0.2, 0.25) is 5.88 Å². The zero-order valence-corrected chi connectivity index (χ0v) is 9.79. The molecule has 0 spiro atoms. The Hall–Kier alpha value is -1.62. The smallest absolute Gasteiger partial charge is 0.218 e. The van der Waals surface area contributed by atoms with Gasteiger partial charge < -0.3 is 10.2 Å². The number of aromatic nitrogens is 2. The lowest BCUT2D eigenvalue weighted by atomic mass is 10.3. The number of ether oxygens (including phenoxy) is 1. The van der Waals surface area contributed by atoms with E-state index in [4.69, 9.17) is 10.6 Å². The summed E-state index contributed by atoms with van der Waals surface area (Å²) in [6.45, 7) is 8.32. The summed E-state index contributed by atoms with van der Waals surface area (Å²) in [4.78, 5) is 8.41. The molecule has 0 saturated carbocycles. The molecule has 1 heterocycles. The number of hydrogen-bond donors (Lipinski definition) is 2. The van der Waals surface area contributed by atoms with Crippen molar-refractivity contribution in [2.45, 2.75) is 26.7 Å². The Balaban J connectivity index is 2.67. The molecule has 0 atom stereocenters. The molecular weight excluding hydrogens is 204 g/mol. The summed E-state index contributed by atoms with van der Waals surface area (Å²) in [5.41, 5.74) is 3.58. The molecule has 1 rings (SSSR count). The second-order valence-corrected chi connectivity index (χ2v) is 3.56. The molecule has 0 unspecified atom stereocenters. The molecule has 0 aliphatic heterocycles.